The standard InChI is InChI=1S/C21H25N3O4S.C2HF3O2/c1-28-12-4-3-5-18(25)13-17-14-20-19(10-11-22-21(20)23-17)15-6-8-16(9-7-15)24-29(2,26)27;3-2(4,5)1(6)7/h6-11,14,24H,3-5,12-13H2,1-2H3,(H,22,23);(H,6,7). The molecular weight excluding hydrogens is 503 g/mol. The molecule has 0 aliphatic carbocycles. The fraction of sp³-hybridized carbons (Fsp3) is 0.348. The lowest BCUT2D eigenvalue weighted by Crippen LogP contribution is -2.21. The van der Waals surface area contributed by atoms with E-state index in [0.29, 0.717) is 25.1 Å². The minimum absolute atomic E-state index is 0.186. The van der Waals surface area contributed by atoms with Gasteiger partial charge in [0.2, 0.25) is 10.0 Å². The molecule has 3 aromatic rings. The molecule has 0 aliphatic heterocycles. The Hall–Kier alpha value is -3.45. The number of pyridine rings is 1. The number of hydrogen-bond acceptors (Lipinski definition) is 6. The van der Waals surface area contributed by atoms with Gasteiger partial charge in [0.1, 0.15) is 11.4 Å². The number of H-pyrrole nitrogens is 1. The van der Waals surface area contributed by atoms with Gasteiger partial charge < -0.3 is 14.8 Å². The lowest BCUT2D eigenvalue weighted by molar-refractivity contribution is -0.192. The Balaban J connectivity index is 0.000000572. The zero-order valence-electron chi connectivity index (χ0n) is 19.6. The Morgan fingerprint density at radius 2 is 1.78 bits per heavy atom. The van der Waals surface area contributed by atoms with Gasteiger partial charge in [-0.3, -0.25) is 9.52 Å². The van der Waals surface area contributed by atoms with Gasteiger partial charge in [0, 0.05) is 49.5 Å². The zero-order chi connectivity index (χ0) is 26.9. The minimum Gasteiger partial charge on any atom is -0.475 e. The molecule has 196 valence electrons. The van der Waals surface area contributed by atoms with Gasteiger partial charge in [-0.1, -0.05) is 12.1 Å². The molecule has 0 atom stereocenters. The number of aliphatic carboxylic acids is 1. The third-order valence-corrected chi connectivity index (χ3v) is 5.38. The maximum atomic E-state index is 12.2. The molecule has 0 aliphatic rings. The second-order valence-electron chi connectivity index (χ2n) is 7.84. The molecule has 0 spiro atoms. The van der Waals surface area contributed by atoms with Crippen LogP contribution in [0.2, 0.25) is 0 Å². The topological polar surface area (TPSA) is 138 Å². The Morgan fingerprint density at radius 3 is 2.33 bits per heavy atom. The number of sulfonamides is 1. The number of aromatic amines is 1. The van der Waals surface area contributed by atoms with Gasteiger partial charge >= 0.3 is 12.1 Å². The van der Waals surface area contributed by atoms with Gasteiger partial charge in [-0.25, -0.2) is 18.2 Å². The van der Waals surface area contributed by atoms with Crippen molar-refractivity contribution in [3.63, 3.8) is 0 Å². The molecule has 3 N–H and O–H groups in total. The number of rotatable bonds is 10. The number of nitrogens with one attached hydrogen (secondary N) is 2. The number of halogens is 3. The molecule has 0 bridgehead atoms. The van der Waals surface area contributed by atoms with Gasteiger partial charge in [-0.05, 0) is 48.2 Å². The maximum Gasteiger partial charge on any atom is 0.490 e. The van der Waals surface area contributed by atoms with E-state index in [1.807, 2.05) is 24.3 Å². The Labute approximate surface area is 205 Å². The molecule has 0 saturated carbocycles. The van der Waals surface area contributed by atoms with Crippen molar-refractivity contribution in [3.8, 4) is 11.1 Å². The summed E-state index contributed by atoms with van der Waals surface area (Å²) in [6, 6.07) is 11.0. The third kappa shape index (κ3) is 9.30. The van der Waals surface area contributed by atoms with Gasteiger partial charge in [0.25, 0.3) is 0 Å². The van der Waals surface area contributed by atoms with Crippen LogP contribution in [0.5, 0.6) is 0 Å². The second kappa shape index (κ2) is 12.5. The van der Waals surface area contributed by atoms with Crippen molar-refractivity contribution in [2.24, 2.45) is 0 Å². The van der Waals surface area contributed by atoms with E-state index in [1.54, 1.807) is 25.4 Å². The minimum atomic E-state index is -5.08. The monoisotopic (exact) mass is 529 g/mol. The molecule has 2 heterocycles. The summed E-state index contributed by atoms with van der Waals surface area (Å²) in [5.74, 6) is -2.57. The molecule has 0 saturated heterocycles. The van der Waals surface area contributed by atoms with Crippen molar-refractivity contribution in [2.75, 3.05) is 24.7 Å². The van der Waals surface area contributed by atoms with Gasteiger partial charge in [0.15, 0.2) is 0 Å². The first-order valence-corrected chi connectivity index (χ1v) is 12.5. The number of ketones is 1. The van der Waals surface area contributed by atoms with Crippen LogP contribution in [0.15, 0.2) is 42.6 Å². The lowest BCUT2D eigenvalue weighted by atomic mass is 10.0. The van der Waals surface area contributed by atoms with E-state index in [-0.39, 0.29) is 5.78 Å². The zero-order valence-corrected chi connectivity index (χ0v) is 20.4. The number of Topliss-reactive ketones (excluding diaryl/α,β-unsaturated/α-hetero) is 1. The van der Waals surface area contributed by atoms with Crippen LogP contribution in [0.4, 0.5) is 18.9 Å². The van der Waals surface area contributed by atoms with Crippen LogP contribution in [-0.4, -0.2) is 61.4 Å². The predicted molar refractivity (Wildman–Crippen MR) is 128 cm³/mol. The van der Waals surface area contributed by atoms with Crippen LogP contribution in [0, 0.1) is 0 Å². The summed E-state index contributed by atoms with van der Waals surface area (Å²) in [6.07, 6.45) is 0.337. The fourth-order valence-electron chi connectivity index (χ4n) is 3.23. The van der Waals surface area contributed by atoms with E-state index < -0.39 is 22.2 Å². The second-order valence-corrected chi connectivity index (χ2v) is 9.58. The number of carboxylic acid groups (broad SMARTS) is 1. The lowest BCUT2D eigenvalue weighted by Gasteiger charge is -2.06. The number of fused-ring (bicyclic) bond motifs is 1. The average Bonchev–Trinajstić information content (AvgIpc) is 3.18. The number of carbonyl (C=O) groups is 2. The highest BCUT2D eigenvalue weighted by molar-refractivity contribution is 7.92. The molecule has 9 nitrogen and oxygen atoms in total. The van der Waals surface area contributed by atoms with Crippen LogP contribution in [-0.2, 0) is 30.8 Å². The van der Waals surface area contributed by atoms with Gasteiger partial charge in [0.05, 0.1) is 6.26 Å². The number of carbonyl (C=O) groups excluding carboxylic acids is 1. The highest BCUT2D eigenvalue weighted by Crippen LogP contribution is 2.29. The van der Waals surface area contributed by atoms with Crippen LogP contribution < -0.4 is 4.72 Å². The summed E-state index contributed by atoms with van der Waals surface area (Å²) in [5.41, 5.74) is 3.98. The number of methoxy groups -OCH3 is 1. The van der Waals surface area contributed by atoms with Crippen molar-refractivity contribution in [2.45, 2.75) is 31.9 Å². The molecule has 0 amide bonds. The number of aromatic nitrogens is 2. The van der Waals surface area contributed by atoms with E-state index in [0.717, 1.165) is 47.0 Å². The summed E-state index contributed by atoms with van der Waals surface area (Å²) in [4.78, 5) is 28.7. The highest BCUT2D eigenvalue weighted by Gasteiger charge is 2.38. The van der Waals surface area contributed by atoms with Crippen LogP contribution >= 0.6 is 0 Å². The first-order chi connectivity index (χ1) is 16.8. The molecule has 36 heavy (non-hydrogen) atoms. The number of nitrogens with zero attached hydrogens (tertiary/aromatic N) is 1. The number of benzene rings is 1. The molecule has 13 heteroatoms. The van der Waals surface area contributed by atoms with Crippen molar-refractivity contribution in [3.05, 3.63) is 48.3 Å². The smallest absolute Gasteiger partial charge is 0.475 e. The summed E-state index contributed by atoms with van der Waals surface area (Å²) in [6.45, 7) is 0.672. The quantitative estimate of drug-likeness (QED) is 0.335. The van der Waals surface area contributed by atoms with E-state index in [9.17, 15) is 26.4 Å². The molecular formula is C23H26F3N3O6S. The summed E-state index contributed by atoms with van der Waals surface area (Å²) >= 11 is 0. The number of carboxylic acids is 1. The molecule has 3 rings (SSSR count). The van der Waals surface area contributed by atoms with Crippen molar-refractivity contribution in [1.29, 1.82) is 0 Å². The Kier molecular flexibility index (Phi) is 9.99. The average molecular weight is 530 g/mol. The number of hydrogen-bond donors (Lipinski definition) is 3. The van der Waals surface area contributed by atoms with Crippen LogP contribution in [0.25, 0.3) is 22.2 Å². The number of ether oxygens (including phenoxy) is 1. The molecule has 2 aromatic heterocycles. The summed E-state index contributed by atoms with van der Waals surface area (Å²) in [7, 11) is -1.65. The normalized spacial score (nSPS) is 11.6. The van der Waals surface area contributed by atoms with E-state index in [2.05, 4.69) is 14.7 Å². The highest BCUT2D eigenvalue weighted by atomic mass is 32.2. The molecule has 0 fully saturated rings. The van der Waals surface area contributed by atoms with Gasteiger partial charge in [-0.2, -0.15) is 13.2 Å². The molecule has 0 radical (unpaired) electrons. The van der Waals surface area contributed by atoms with E-state index in [4.69, 9.17) is 14.6 Å². The van der Waals surface area contributed by atoms with Crippen molar-refractivity contribution in [1.82, 2.24) is 9.97 Å². The van der Waals surface area contributed by atoms with Crippen LogP contribution in [0.1, 0.15) is 25.0 Å². The number of alkyl halides is 3. The summed E-state index contributed by atoms with van der Waals surface area (Å²) < 4.78 is 61.9. The Morgan fingerprint density at radius 1 is 1.14 bits per heavy atom. The third-order valence-electron chi connectivity index (χ3n) is 4.77. The number of anilines is 1. The van der Waals surface area contributed by atoms with E-state index in [1.165, 1.54) is 0 Å². The number of unbranched alkanes of at least 4 members (excludes halogenated alkanes) is 1. The van der Waals surface area contributed by atoms with Gasteiger partial charge in [-0.15, -0.1) is 0 Å². The SMILES string of the molecule is COCCCCC(=O)Cc1cc2c(-c3ccc(NS(C)(=O)=O)cc3)ccnc2[nH]1.O=C(O)C(F)(F)F. The Bertz CT molecular complexity index is 1290. The predicted octanol–water partition coefficient (Wildman–Crippen LogP) is 4.16. The van der Waals surface area contributed by atoms with Crippen molar-refractivity contribution >= 4 is 38.5 Å². The van der Waals surface area contributed by atoms with Crippen LogP contribution in [0.3, 0.4) is 0 Å². The fourth-order valence-corrected chi connectivity index (χ4v) is 3.79. The van der Waals surface area contributed by atoms with Crippen molar-refractivity contribution < 1.29 is 41.0 Å². The molecule has 0 unspecified atom stereocenters. The molecule has 1 aromatic carbocycles. The largest absolute Gasteiger partial charge is 0.490 e. The first kappa shape index (κ1) is 28.8. The first-order valence-electron chi connectivity index (χ1n) is 10.7. The van der Waals surface area contributed by atoms with E-state index >= 15 is 0 Å². The summed E-state index contributed by atoms with van der Waals surface area (Å²) in [5, 5.41) is 8.05. The maximum absolute atomic E-state index is 12.2.